The topological polar surface area (TPSA) is 49.4 Å². The van der Waals surface area contributed by atoms with Gasteiger partial charge in [-0.05, 0) is 75.3 Å². The molecule has 1 atom stereocenters. The number of nitrogens with one attached hydrogen (secondary N) is 1. The Hall–Kier alpha value is -1.69. The Morgan fingerprint density at radius 2 is 1.72 bits per heavy atom. The molecule has 4 nitrogen and oxygen atoms in total. The van der Waals surface area contributed by atoms with E-state index in [1.807, 2.05) is 70.2 Å². The fourth-order valence-corrected chi connectivity index (χ4v) is 4.44. The van der Waals surface area contributed by atoms with Gasteiger partial charge in [0.15, 0.2) is 0 Å². The van der Waals surface area contributed by atoms with Crippen molar-refractivity contribution in [1.29, 1.82) is 0 Å². The summed E-state index contributed by atoms with van der Waals surface area (Å²) in [6.07, 6.45) is 1.60. The van der Waals surface area contributed by atoms with Gasteiger partial charge in [-0.25, -0.2) is 0 Å². The first kappa shape index (κ1) is 26.6. The van der Waals surface area contributed by atoms with Crippen molar-refractivity contribution in [2.75, 3.05) is 5.75 Å². The van der Waals surface area contributed by atoms with E-state index in [-0.39, 0.29) is 17.4 Å². The van der Waals surface area contributed by atoms with Gasteiger partial charge in [-0.1, -0.05) is 48.3 Å². The first-order chi connectivity index (χ1) is 15.1. The molecule has 0 unspecified atom stereocenters. The second-order valence-electron chi connectivity index (χ2n) is 8.68. The fraction of sp³-hybridized carbons (Fsp3) is 0.440. The lowest BCUT2D eigenvalue weighted by molar-refractivity contribution is -0.142. The van der Waals surface area contributed by atoms with E-state index in [2.05, 4.69) is 5.32 Å². The Balaban J connectivity index is 2.09. The van der Waals surface area contributed by atoms with Crippen LogP contribution in [0.4, 0.5) is 0 Å². The van der Waals surface area contributed by atoms with Gasteiger partial charge in [0.1, 0.15) is 6.04 Å². The maximum Gasteiger partial charge on any atom is 0.243 e. The molecule has 0 bridgehead atoms. The van der Waals surface area contributed by atoms with Crippen LogP contribution in [0.1, 0.15) is 52.5 Å². The third-order valence-electron chi connectivity index (χ3n) is 4.80. The summed E-state index contributed by atoms with van der Waals surface area (Å²) in [7, 11) is 0. The van der Waals surface area contributed by atoms with Crippen molar-refractivity contribution in [3.8, 4) is 0 Å². The Bertz CT molecular complexity index is 898. The van der Waals surface area contributed by atoms with E-state index in [9.17, 15) is 9.59 Å². The summed E-state index contributed by atoms with van der Waals surface area (Å²) in [4.78, 5) is 29.1. The molecule has 0 aliphatic heterocycles. The summed E-state index contributed by atoms with van der Waals surface area (Å²) in [5.41, 5.74) is 0.457. The molecular formula is C25H32Cl2N2O2S. The Morgan fingerprint density at radius 3 is 2.31 bits per heavy atom. The van der Waals surface area contributed by atoms with Crippen LogP contribution in [0.2, 0.25) is 10.0 Å². The predicted molar refractivity (Wildman–Crippen MR) is 135 cm³/mol. The molecule has 2 rings (SSSR count). The summed E-state index contributed by atoms with van der Waals surface area (Å²) >= 11 is 14.0. The van der Waals surface area contributed by atoms with Gasteiger partial charge >= 0.3 is 0 Å². The number of hydrogen-bond donors (Lipinski definition) is 1. The Kier molecular flexibility index (Phi) is 10.4. The minimum atomic E-state index is -0.554. The van der Waals surface area contributed by atoms with E-state index < -0.39 is 6.04 Å². The highest BCUT2D eigenvalue weighted by atomic mass is 35.5. The summed E-state index contributed by atoms with van der Waals surface area (Å²) in [5, 5.41) is 4.32. The highest BCUT2D eigenvalue weighted by Crippen LogP contribution is 2.23. The molecule has 0 aliphatic rings. The molecule has 32 heavy (non-hydrogen) atoms. The van der Waals surface area contributed by atoms with E-state index in [1.54, 1.807) is 22.7 Å². The molecule has 2 aromatic carbocycles. The molecule has 0 saturated carbocycles. The zero-order valence-electron chi connectivity index (χ0n) is 19.2. The van der Waals surface area contributed by atoms with Crippen LogP contribution >= 0.6 is 35.0 Å². The lowest BCUT2D eigenvalue weighted by atomic mass is 10.0. The van der Waals surface area contributed by atoms with Gasteiger partial charge in [0.25, 0.3) is 0 Å². The maximum absolute atomic E-state index is 13.3. The Morgan fingerprint density at radius 1 is 1.06 bits per heavy atom. The monoisotopic (exact) mass is 494 g/mol. The van der Waals surface area contributed by atoms with Gasteiger partial charge < -0.3 is 10.2 Å². The smallest absolute Gasteiger partial charge is 0.243 e. The second kappa shape index (κ2) is 12.5. The standard InChI is InChI=1S/C25H32Cl2N2O2S/c1-5-22(24(31)28-25(2,3)4)29(17-18-9-6-7-10-21(18)27)23(30)11-8-16-32-20-14-12-19(26)13-15-20/h6-7,9-10,12-15,22H,5,8,11,16-17H2,1-4H3,(H,28,31)/t22-/m0/s1. The third-order valence-corrected chi connectivity index (χ3v) is 6.52. The van der Waals surface area contributed by atoms with Crippen molar-refractivity contribution >= 4 is 46.8 Å². The van der Waals surface area contributed by atoms with Crippen LogP contribution in [0.25, 0.3) is 0 Å². The van der Waals surface area contributed by atoms with Crippen molar-refractivity contribution in [3.05, 3.63) is 64.1 Å². The molecule has 0 aliphatic carbocycles. The highest BCUT2D eigenvalue weighted by Gasteiger charge is 2.30. The minimum absolute atomic E-state index is 0.0439. The van der Waals surface area contributed by atoms with Crippen LogP contribution in [0.15, 0.2) is 53.4 Å². The van der Waals surface area contributed by atoms with Crippen LogP contribution in [0.5, 0.6) is 0 Å². The fourth-order valence-electron chi connectivity index (χ4n) is 3.27. The van der Waals surface area contributed by atoms with Gasteiger partial charge in [0.05, 0.1) is 0 Å². The number of rotatable bonds is 10. The molecule has 0 radical (unpaired) electrons. The van der Waals surface area contributed by atoms with E-state index in [4.69, 9.17) is 23.2 Å². The highest BCUT2D eigenvalue weighted by molar-refractivity contribution is 7.99. The number of benzene rings is 2. The van der Waals surface area contributed by atoms with Crippen molar-refractivity contribution in [2.45, 2.75) is 70.0 Å². The third kappa shape index (κ3) is 8.68. The zero-order valence-corrected chi connectivity index (χ0v) is 21.5. The van der Waals surface area contributed by atoms with Crippen molar-refractivity contribution in [3.63, 3.8) is 0 Å². The number of thioether (sulfide) groups is 1. The van der Waals surface area contributed by atoms with Crippen LogP contribution in [-0.2, 0) is 16.1 Å². The van der Waals surface area contributed by atoms with Gasteiger partial charge in [-0.3, -0.25) is 9.59 Å². The first-order valence-electron chi connectivity index (χ1n) is 10.8. The maximum atomic E-state index is 13.3. The minimum Gasteiger partial charge on any atom is -0.350 e. The van der Waals surface area contributed by atoms with E-state index in [0.29, 0.717) is 35.9 Å². The predicted octanol–water partition coefficient (Wildman–Crippen LogP) is 6.59. The molecule has 2 amide bonds. The molecule has 0 saturated heterocycles. The van der Waals surface area contributed by atoms with Crippen LogP contribution in [0, 0.1) is 0 Å². The van der Waals surface area contributed by atoms with E-state index in [1.165, 1.54) is 0 Å². The summed E-state index contributed by atoms with van der Waals surface area (Å²) in [5.74, 6) is 0.617. The average Bonchev–Trinajstić information content (AvgIpc) is 2.72. The number of hydrogen-bond acceptors (Lipinski definition) is 3. The van der Waals surface area contributed by atoms with E-state index >= 15 is 0 Å². The van der Waals surface area contributed by atoms with Crippen molar-refractivity contribution in [2.24, 2.45) is 0 Å². The Labute approximate surface area is 206 Å². The van der Waals surface area contributed by atoms with Gasteiger partial charge in [-0.15, -0.1) is 11.8 Å². The molecular weight excluding hydrogens is 463 g/mol. The average molecular weight is 496 g/mol. The molecule has 0 aromatic heterocycles. The molecule has 7 heteroatoms. The normalized spacial score (nSPS) is 12.3. The molecule has 0 heterocycles. The molecule has 0 fully saturated rings. The van der Waals surface area contributed by atoms with Crippen LogP contribution < -0.4 is 5.32 Å². The SMILES string of the molecule is CC[C@@H](C(=O)NC(C)(C)C)N(Cc1ccccc1Cl)C(=O)CCCSc1ccc(Cl)cc1. The quantitative estimate of drug-likeness (QED) is 0.299. The largest absolute Gasteiger partial charge is 0.350 e. The van der Waals surface area contributed by atoms with Crippen molar-refractivity contribution < 1.29 is 9.59 Å². The number of carbonyl (C=O) groups excluding carboxylic acids is 2. The number of amides is 2. The van der Waals surface area contributed by atoms with Crippen LogP contribution in [-0.4, -0.2) is 34.0 Å². The van der Waals surface area contributed by atoms with Gasteiger partial charge in [0, 0.05) is 33.4 Å². The lowest BCUT2D eigenvalue weighted by Gasteiger charge is -2.33. The first-order valence-corrected chi connectivity index (χ1v) is 12.6. The molecule has 2 aromatic rings. The van der Waals surface area contributed by atoms with Gasteiger partial charge in [-0.2, -0.15) is 0 Å². The summed E-state index contributed by atoms with van der Waals surface area (Å²) < 4.78 is 0. The molecule has 174 valence electrons. The number of halogens is 2. The summed E-state index contributed by atoms with van der Waals surface area (Å²) in [6.45, 7) is 8.04. The lowest BCUT2D eigenvalue weighted by Crippen LogP contribution is -2.53. The second-order valence-corrected chi connectivity index (χ2v) is 10.7. The van der Waals surface area contributed by atoms with Crippen LogP contribution in [0.3, 0.4) is 0 Å². The number of nitrogens with zero attached hydrogens (tertiary/aromatic N) is 1. The van der Waals surface area contributed by atoms with Gasteiger partial charge in [0.2, 0.25) is 11.8 Å². The zero-order chi connectivity index (χ0) is 23.7. The molecule has 0 spiro atoms. The number of carbonyl (C=O) groups is 2. The van der Waals surface area contributed by atoms with Crippen molar-refractivity contribution in [1.82, 2.24) is 10.2 Å². The summed E-state index contributed by atoms with van der Waals surface area (Å²) in [6, 6.07) is 14.6. The van der Waals surface area contributed by atoms with E-state index in [0.717, 1.165) is 16.2 Å². The molecule has 1 N–H and O–H groups in total.